The zero-order valence-corrected chi connectivity index (χ0v) is 12.0. The number of fused-ring (bicyclic) bond motifs is 1. The van der Waals surface area contributed by atoms with Crippen LogP contribution in [0.2, 0.25) is 0 Å². The molecule has 1 aromatic carbocycles. The Morgan fingerprint density at radius 3 is 3.05 bits per heavy atom. The first-order chi connectivity index (χ1) is 9.20. The van der Waals surface area contributed by atoms with E-state index in [9.17, 15) is 0 Å². The Labute approximate surface area is 117 Å². The van der Waals surface area contributed by atoms with Crippen LogP contribution in [0.25, 0.3) is 11.0 Å². The Hall–Kier alpha value is -1.33. The number of hydrogen-bond donors (Lipinski definition) is 1. The molecule has 2 unspecified atom stereocenters. The number of nitrogens with zero attached hydrogens (tertiary/aromatic N) is 1. The maximum atomic E-state index is 5.62. The number of benzene rings is 1. The first kappa shape index (κ1) is 12.7. The van der Waals surface area contributed by atoms with Crippen molar-refractivity contribution >= 4 is 23.3 Å². The van der Waals surface area contributed by atoms with Gasteiger partial charge in [0.05, 0.1) is 18.7 Å². The summed E-state index contributed by atoms with van der Waals surface area (Å²) in [4.78, 5) is 3.27. The lowest BCUT2D eigenvalue weighted by Gasteiger charge is -2.28. The summed E-state index contributed by atoms with van der Waals surface area (Å²) < 4.78 is 14.0. The van der Waals surface area contributed by atoms with Gasteiger partial charge >= 0.3 is 0 Å². The van der Waals surface area contributed by atoms with Crippen molar-refractivity contribution in [3.63, 3.8) is 0 Å². The van der Waals surface area contributed by atoms with Crippen molar-refractivity contribution in [1.29, 1.82) is 0 Å². The summed E-state index contributed by atoms with van der Waals surface area (Å²) in [5.74, 6) is 0.836. The number of hydrogen-bond acceptors (Lipinski definition) is 3. The van der Waals surface area contributed by atoms with E-state index in [1.165, 1.54) is 0 Å². The predicted octanol–water partition coefficient (Wildman–Crippen LogP) is 3.45. The Morgan fingerprint density at radius 2 is 2.32 bits per heavy atom. The Bertz CT molecular complexity index is 646. The quantitative estimate of drug-likeness (QED) is 0.855. The van der Waals surface area contributed by atoms with Gasteiger partial charge < -0.3 is 19.0 Å². The van der Waals surface area contributed by atoms with Crippen molar-refractivity contribution in [2.75, 3.05) is 13.7 Å². The molecule has 2 aromatic rings. The van der Waals surface area contributed by atoms with E-state index >= 15 is 0 Å². The average molecular weight is 278 g/mol. The van der Waals surface area contributed by atoms with Gasteiger partial charge in [-0.25, -0.2) is 0 Å². The standard InChI is InChI=1S/C14H18N2O2S/c1-9-8-10(6-7-18-9)16-11-4-3-5-12(17-2)13(11)15-14(16)19/h3-5,9-10H,6-8H2,1-2H3,(H,15,19). The van der Waals surface area contributed by atoms with Crippen molar-refractivity contribution in [3.8, 4) is 5.75 Å². The van der Waals surface area contributed by atoms with Crippen molar-refractivity contribution in [2.24, 2.45) is 0 Å². The maximum Gasteiger partial charge on any atom is 0.178 e. The number of rotatable bonds is 2. The van der Waals surface area contributed by atoms with E-state index in [0.717, 1.165) is 41.0 Å². The summed E-state index contributed by atoms with van der Waals surface area (Å²) in [6.45, 7) is 2.91. The number of aromatic amines is 1. The second-order valence-corrected chi connectivity index (χ2v) is 5.40. The van der Waals surface area contributed by atoms with Gasteiger partial charge in [-0.3, -0.25) is 0 Å². The molecule has 0 spiro atoms. The molecule has 1 fully saturated rings. The molecule has 3 rings (SSSR count). The fraction of sp³-hybridized carbons (Fsp3) is 0.500. The molecule has 0 bridgehead atoms. The van der Waals surface area contributed by atoms with E-state index in [-0.39, 0.29) is 6.10 Å². The van der Waals surface area contributed by atoms with Crippen LogP contribution in [-0.4, -0.2) is 29.4 Å². The smallest absolute Gasteiger partial charge is 0.178 e. The molecule has 1 aliphatic heterocycles. The number of methoxy groups -OCH3 is 1. The molecule has 0 amide bonds. The van der Waals surface area contributed by atoms with Gasteiger partial charge in [-0.1, -0.05) is 6.07 Å². The molecule has 0 aliphatic carbocycles. The van der Waals surface area contributed by atoms with Gasteiger partial charge in [0.2, 0.25) is 0 Å². The highest BCUT2D eigenvalue weighted by Gasteiger charge is 2.23. The van der Waals surface area contributed by atoms with Crippen LogP contribution in [0.5, 0.6) is 5.75 Å². The summed E-state index contributed by atoms with van der Waals surface area (Å²) in [6, 6.07) is 6.44. The summed E-state index contributed by atoms with van der Waals surface area (Å²) in [6.07, 6.45) is 2.29. The third kappa shape index (κ3) is 2.17. The van der Waals surface area contributed by atoms with Gasteiger partial charge in [0.25, 0.3) is 0 Å². The monoisotopic (exact) mass is 278 g/mol. The van der Waals surface area contributed by atoms with Crippen LogP contribution in [0.15, 0.2) is 18.2 Å². The summed E-state index contributed by atoms with van der Waals surface area (Å²) >= 11 is 5.49. The fourth-order valence-corrected chi connectivity index (χ4v) is 3.21. The number of ether oxygens (including phenoxy) is 2. The third-order valence-electron chi connectivity index (χ3n) is 3.76. The number of aromatic nitrogens is 2. The molecule has 1 aromatic heterocycles. The van der Waals surface area contributed by atoms with E-state index in [1.807, 2.05) is 12.1 Å². The van der Waals surface area contributed by atoms with Crippen molar-refractivity contribution in [3.05, 3.63) is 23.0 Å². The highest BCUT2D eigenvalue weighted by molar-refractivity contribution is 7.71. The minimum absolute atomic E-state index is 0.288. The van der Waals surface area contributed by atoms with Crippen molar-refractivity contribution in [2.45, 2.75) is 31.9 Å². The van der Waals surface area contributed by atoms with Crippen LogP contribution < -0.4 is 4.74 Å². The molecule has 2 heterocycles. The molecule has 1 aliphatic rings. The second kappa shape index (κ2) is 4.98. The minimum Gasteiger partial charge on any atom is -0.494 e. The first-order valence-corrected chi connectivity index (χ1v) is 7.00. The topological polar surface area (TPSA) is 39.2 Å². The number of imidazole rings is 1. The van der Waals surface area contributed by atoms with E-state index in [0.29, 0.717) is 6.04 Å². The van der Waals surface area contributed by atoms with Crippen molar-refractivity contribution < 1.29 is 9.47 Å². The first-order valence-electron chi connectivity index (χ1n) is 6.59. The molecule has 1 saturated heterocycles. The number of para-hydroxylation sites is 1. The predicted molar refractivity (Wildman–Crippen MR) is 77.4 cm³/mol. The molecule has 5 heteroatoms. The van der Waals surface area contributed by atoms with Crippen LogP contribution in [-0.2, 0) is 4.74 Å². The number of H-pyrrole nitrogens is 1. The van der Waals surface area contributed by atoms with Gasteiger partial charge in [0.15, 0.2) is 4.77 Å². The minimum atomic E-state index is 0.288. The lowest BCUT2D eigenvalue weighted by Crippen LogP contribution is -2.25. The summed E-state index contributed by atoms with van der Waals surface area (Å²) in [7, 11) is 1.68. The SMILES string of the molecule is COc1cccc2c1[nH]c(=S)n2C1CCOC(C)C1. The summed E-state index contributed by atoms with van der Waals surface area (Å²) in [5.41, 5.74) is 2.09. The molecular formula is C14H18N2O2S. The molecule has 0 radical (unpaired) electrons. The molecule has 1 N–H and O–H groups in total. The lowest BCUT2D eigenvalue weighted by molar-refractivity contribution is 0.00647. The molecule has 0 saturated carbocycles. The molecule has 102 valence electrons. The summed E-state index contributed by atoms with van der Waals surface area (Å²) in [5, 5.41) is 0. The largest absolute Gasteiger partial charge is 0.494 e. The van der Waals surface area contributed by atoms with E-state index < -0.39 is 0 Å². The van der Waals surface area contributed by atoms with Crippen LogP contribution >= 0.6 is 12.2 Å². The molecule has 19 heavy (non-hydrogen) atoms. The molecule has 4 nitrogen and oxygen atoms in total. The van der Waals surface area contributed by atoms with Crippen LogP contribution in [0, 0.1) is 4.77 Å². The second-order valence-electron chi connectivity index (χ2n) is 5.01. The Morgan fingerprint density at radius 1 is 1.47 bits per heavy atom. The fourth-order valence-electron chi connectivity index (χ4n) is 2.86. The van der Waals surface area contributed by atoms with Crippen LogP contribution in [0.4, 0.5) is 0 Å². The normalized spacial score (nSPS) is 23.7. The van der Waals surface area contributed by atoms with E-state index in [1.54, 1.807) is 7.11 Å². The third-order valence-corrected chi connectivity index (χ3v) is 4.06. The lowest BCUT2D eigenvalue weighted by atomic mass is 10.0. The van der Waals surface area contributed by atoms with Gasteiger partial charge in [-0.15, -0.1) is 0 Å². The molecular weight excluding hydrogens is 260 g/mol. The van der Waals surface area contributed by atoms with Gasteiger partial charge in [-0.2, -0.15) is 0 Å². The van der Waals surface area contributed by atoms with Crippen LogP contribution in [0.1, 0.15) is 25.8 Å². The van der Waals surface area contributed by atoms with Gasteiger partial charge in [0.1, 0.15) is 11.3 Å². The maximum absolute atomic E-state index is 5.62. The van der Waals surface area contributed by atoms with Gasteiger partial charge in [0, 0.05) is 12.6 Å². The molecule has 2 atom stereocenters. The van der Waals surface area contributed by atoms with Gasteiger partial charge in [-0.05, 0) is 44.1 Å². The Balaban J connectivity index is 2.13. The average Bonchev–Trinajstić information content (AvgIpc) is 2.74. The Kier molecular flexibility index (Phi) is 3.33. The highest BCUT2D eigenvalue weighted by atomic mass is 32.1. The van der Waals surface area contributed by atoms with Crippen molar-refractivity contribution in [1.82, 2.24) is 9.55 Å². The number of nitrogens with one attached hydrogen (secondary N) is 1. The van der Waals surface area contributed by atoms with E-state index in [4.69, 9.17) is 21.7 Å². The zero-order chi connectivity index (χ0) is 13.4. The highest BCUT2D eigenvalue weighted by Crippen LogP contribution is 2.32. The van der Waals surface area contributed by atoms with E-state index in [2.05, 4.69) is 22.5 Å². The zero-order valence-electron chi connectivity index (χ0n) is 11.2. The van der Waals surface area contributed by atoms with Crippen LogP contribution in [0.3, 0.4) is 0 Å².